The van der Waals surface area contributed by atoms with E-state index in [0.717, 1.165) is 5.56 Å². The lowest BCUT2D eigenvalue weighted by molar-refractivity contribution is -0.0459. The number of rotatable bonds is 3. The summed E-state index contributed by atoms with van der Waals surface area (Å²) in [5.41, 5.74) is 0.417. The zero-order chi connectivity index (χ0) is 14.2. The van der Waals surface area contributed by atoms with Crippen molar-refractivity contribution in [2.45, 2.75) is 31.8 Å². The Morgan fingerprint density at radius 1 is 1.58 bits per heavy atom. The van der Waals surface area contributed by atoms with Crippen molar-refractivity contribution in [2.24, 2.45) is 0 Å². The van der Waals surface area contributed by atoms with E-state index in [1.54, 1.807) is 11.1 Å². The first-order valence-corrected chi connectivity index (χ1v) is 6.15. The molecule has 3 atom stereocenters. The Morgan fingerprint density at radius 3 is 2.79 bits per heavy atom. The van der Waals surface area contributed by atoms with Gasteiger partial charge in [0, 0.05) is 32.3 Å². The van der Waals surface area contributed by atoms with Crippen LogP contribution in [-0.4, -0.2) is 52.7 Å². The lowest BCUT2D eigenvalue weighted by atomic mass is 10.2. The topological polar surface area (TPSA) is 87.8 Å². The number of hydrogen-bond donors (Lipinski definition) is 2. The maximum Gasteiger partial charge on any atom is 0.351 e. The summed E-state index contributed by atoms with van der Waals surface area (Å²) in [6, 6.07) is 0. The molecule has 1 saturated heterocycles. The van der Waals surface area contributed by atoms with Crippen molar-refractivity contribution in [1.82, 2.24) is 9.55 Å². The van der Waals surface area contributed by atoms with Crippen molar-refractivity contribution < 1.29 is 14.9 Å². The normalized spacial score (nSPS) is 26.7. The molecule has 1 aromatic heterocycles. The number of aliphatic hydroxyl groups is 2. The maximum absolute atomic E-state index is 12.0. The van der Waals surface area contributed by atoms with E-state index >= 15 is 0 Å². The van der Waals surface area contributed by atoms with E-state index in [1.165, 1.54) is 4.57 Å². The summed E-state index contributed by atoms with van der Waals surface area (Å²) >= 11 is 0. The Bertz CT molecular complexity index is 514. The minimum Gasteiger partial charge on any atom is -0.394 e. The molecule has 106 valence electrons. The molecule has 7 nitrogen and oxygen atoms in total. The Balaban J connectivity index is 2.32. The molecule has 2 N–H and O–H groups in total. The highest BCUT2D eigenvalue weighted by atomic mass is 16.5. The van der Waals surface area contributed by atoms with Gasteiger partial charge in [0.2, 0.25) is 0 Å². The molecule has 0 aromatic carbocycles. The van der Waals surface area contributed by atoms with Crippen LogP contribution >= 0.6 is 0 Å². The number of ether oxygens (including phenoxy) is 1. The summed E-state index contributed by atoms with van der Waals surface area (Å²) in [6.45, 7) is 1.59. The first kappa shape index (κ1) is 14.0. The van der Waals surface area contributed by atoms with Gasteiger partial charge in [-0.3, -0.25) is 4.57 Å². The van der Waals surface area contributed by atoms with Crippen molar-refractivity contribution in [3.63, 3.8) is 0 Å². The van der Waals surface area contributed by atoms with Crippen LogP contribution in [0.25, 0.3) is 0 Å². The lowest BCUT2D eigenvalue weighted by Crippen LogP contribution is -2.30. The Hall–Kier alpha value is -1.44. The summed E-state index contributed by atoms with van der Waals surface area (Å²) in [6.07, 6.45) is -0.0569. The van der Waals surface area contributed by atoms with Gasteiger partial charge >= 0.3 is 5.69 Å². The summed E-state index contributed by atoms with van der Waals surface area (Å²) in [4.78, 5) is 17.8. The Morgan fingerprint density at radius 2 is 2.26 bits per heavy atom. The average molecular weight is 269 g/mol. The second-order valence-corrected chi connectivity index (χ2v) is 4.95. The highest BCUT2D eigenvalue weighted by molar-refractivity contribution is 5.42. The van der Waals surface area contributed by atoms with E-state index in [-0.39, 0.29) is 13.0 Å². The number of aromatic nitrogens is 2. The van der Waals surface area contributed by atoms with E-state index in [1.807, 2.05) is 21.0 Å². The molecule has 2 rings (SSSR count). The number of hydrogen-bond acceptors (Lipinski definition) is 6. The second-order valence-electron chi connectivity index (χ2n) is 4.95. The molecule has 0 aliphatic carbocycles. The molecule has 7 heteroatoms. The molecule has 19 heavy (non-hydrogen) atoms. The fourth-order valence-corrected chi connectivity index (χ4v) is 2.27. The minimum atomic E-state index is -0.768. The highest BCUT2D eigenvalue weighted by Crippen LogP contribution is 2.28. The van der Waals surface area contributed by atoms with Gasteiger partial charge in [-0.25, -0.2) is 4.79 Å². The van der Waals surface area contributed by atoms with E-state index in [9.17, 15) is 9.90 Å². The van der Waals surface area contributed by atoms with Gasteiger partial charge in [0.25, 0.3) is 0 Å². The van der Waals surface area contributed by atoms with Gasteiger partial charge in [-0.05, 0) is 6.92 Å². The number of aryl methyl sites for hydroxylation is 1. The van der Waals surface area contributed by atoms with Crippen LogP contribution in [0, 0.1) is 6.92 Å². The molecule has 0 radical (unpaired) electrons. The molecule has 2 heterocycles. The van der Waals surface area contributed by atoms with Gasteiger partial charge in [-0.1, -0.05) is 0 Å². The second kappa shape index (κ2) is 5.28. The standard InChI is InChI=1S/C12H19N3O4/c1-7-5-15(12(18)13-11(7)14(2)3)10-4-8(17)9(6-16)19-10/h5,8-10,16-17H,4,6H2,1-3H3/t8?,9-,10-/m1/s1. The van der Waals surface area contributed by atoms with E-state index in [4.69, 9.17) is 9.84 Å². The first-order chi connectivity index (χ1) is 8.93. The smallest absolute Gasteiger partial charge is 0.351 e. The fraction of sp³-hybridized carbons (Fsp3) is 0.667. The highest BCUT2D eigenvalue weighted by Gasteiger charge is 2.35. The van der Waals surface area contributed by atoms with Gasteiger partial charge < -0.3 is 19.8 Å². The number of nitrogens with zero attached hydrogens (tertiary/aromatic N) is 3. The van der Waals surface area contributed by atoms with Crippen LogP contribution < -0.4 is 10.6 Å². The molecular formula is C12H19N3O4. The van der Waals surface area contributed by atoms with Gasteiger partial charge in [-0.15, -0.1) is 0 Å². The van der Waals surface area contributed by atoms with Crippen LogP contribution in [0.2, 0.25) is 0 Å². The Labute approximate surface area is 111 Å². The van der Waals surface area contributed by atoms with Crippen LogP contribution in [0.5, 0.6) is 0 Å². The van der Waals surface area contributed by atoms with Crippen molar-refractivity contribution >= 4 is 5.82 Å². The molecule has 1 aliphatic rings. The van der Waals surface area contributed by atoms with E-state index in [2.05, 4.69) is 4.98 Å². The third kappa shape index (κ3) is 2.63. The summed E-state index contributed by atoms with van der Waals surface area (Å²) in [5, 5.41) is 18.7. The SMILES string of the molecule is Cc1cn([C@H]2CC(O)[C@@H](CO)O2)c(=O)nc1N(C)C. The fourth-order valence-electron chi connectivity index (χ4n) is 2.27. The molecule has 0 saturated carbocycles. The van der Waals surface area contributed by atoms with Crippen molar-refractivity contribution in [2.75, 3.05) is 25.6 Å². The average Bonchev–Trinajstić information content (AvgIpc) is 2.72. The van der Waals surface area contributed by atoms with Gasteiger partial charge in [0.05, 0.1) is 12.7 Å². The van der Waals surface area contributed by atoms with Crippen LogP contribution in [0.4, 0.5) is 5.82 Å². The predicted molar refractivity (Wildman–Crippen MR) is 69.2 cm³/mol. The van der Waals surface area contributed by atoms with Crippen molar-refractivity contribution in [3.8, 4) is 0 Å². The zero-order valence-corrected chi connectivity index (χ0v) is 11.3. The van der Waals surface area contributed by atoms with Crippen molar-refractivity contribution in [1.29, 1.82) is 0 Å². The predicted octanol–water partition coefficient (Wildman–Crippen LogP) is -0.742. The van der Waals surface area contributed by atoms with Crippen LogP contribution in [0.15, 0.2) is 11.0 Å². The third-order valence-electron chi connectivity index (χ3n) is 3.23. The van der Waals surface area contributed by atoms with Gasteiger partial charge in [-0.2, -0.15) is 4.98 Å². The maximum atomic E-state index is 12.0. The third-order valence-corrected chi connectivity index (χ3v) is 3.23. The Kier molecular flexibility index (Phi) is 3.88. The summed E-state index contributed by atoms with van der Waals surface area (Å²) in [5.74, 6) is 0.610. The largest absolute Gasteiger partial charge is 0.394 e. The van der Waals surface area contributed by atoms with E-state index in [0.29, 0.717) is 5.82 Å². The summed E-state index contributed by atoms with van der Waals surface area (Å²) in [7, 11) is 3.63. The van der Waals surface area contributed by atoms with Crippen molar-refractivity contribution in [3.05, 3.63) is 22.2 Å². The molecule has 1 fully saturated rings. The lowest BCUT2D eigenvalue weighted by Gasteiger charge is -2.18. The molecule has 0 amide bonds. The van der Waals surface area contributed by atoms with Gasteiger partial charge in [0.15, 0.2) is 0 Å². The molecule has 1 unspecified atom stereocenters. The molecule has 0 bridgehead atoms. The number of anilines is 1. The quantitative estimate of drug-likeness (QED) is 0.751. The molecule has 1 aromatic rings. The molecular weight excluding hydrogens is 250 g/mol. The summed E-state index contributed by atoms with van der Waals surface area (Å²) < 4.78 is 6.82. The van der Waals surface area contributed by atoms with Gasteiger partial charge in [0.1, 0.15) is 18.1 Å². The van der Waals surface area contributed by atoms with Crippen LogP contribution in [-0.2, 0) is 4.74 Å². The first-order valence-electron chi connectivity index (χ1n) is 6.15. The van der Waals surface area contributed by atoms with E-state index < -0.39 is 24.1 Å². The van der Waals surface area contributed by atoms with Crippen LogP contribution in [0.1, 0.15) is 18.2 Å². The van der Waals surface area contributed by atoms with Crippen LogP contribution in [0.3, 0.4) is 0 Å². The monoisotopic (exact) mass is 269 g/mol. The zero-order valence-electron chi connectivity index (χ0n) is 11.3. The molecule has 0 spiro atoms. The molecule has 1 aliphatic heterocycles. The number of aliphatic hydroxyl groups excluding tert-OH is 2. The minimum absolute atomic E-state index is 0.269.